The average molecular weight is 373 g/mol. The quantitative estimate of drug-likeness (QED) is 0.685. The number of esters is 2. The van der Waals surface area contributed by atoms with Gasteiger partial charge in [-0.15, -0.1) is 0 Å². The van der Waals surface area contributed by atoms with Gasteiger partial charge in [-0.3, -0.25) is 14.2 Å². The molecule has 0 aromatic carbocycles. The minimum absolute atomic E-state index is 0.0814. The third-order valence-corrected chi connectivity index (χ3v) is 5.42. The number of hydrogen-bond acceptors (Lipinski definition) is 8. The van der Waals surface area contributed by atoms with Gasteiger partial charge in [-0.25, -0.2) is 14.5 Å². The zero-order valence-electron chi connectivity index (χ0n) is 14.9. The van der Waals surface area contributed by atoms with E-state index in [9.17, 15) is 14.4 Å². The molecule has 0 amide bonds. The second-order valence-electron chi connectivity index (χ2n) is 7.04. The van der Waals surface area contributed by atoms with Crippen molar-refractivity contribution in [1.82, 2.24) is 24.3 Å². The van der Waals surface area contributed by atoms with E-state index in [-0.39, 0.29) is 30.5 Å². The fourth-order valence-corrected chi connectivity index (χ4v) is 4.14. The number of aromatic nitrogens is 5. The number of rotatable bonds is 5. The summed E-state index contributed by atoms with van der Waals surface area (Å²) >= 11 is 0. The number of hydrogen-bond donors (Lipinski definition) is 0. The molecule has 2 fully saturated rings. The smallest absolute Gasteiger partial charge is 0.349 e. The van der Waals surface area contributed by atoms with E-state index >= 15 is 0 Å². The molecule has 4 atom stereocenters. The van der Waals surface area contributed by atoms with Crippen molar-refractivity contribution in [2.24, 2.45) is 11.3 Å². The van der Waals surface area contributed by atoms with Gasteiger partial charge in [0.2, 0.25) is 0 Å². The van der Waals surface area contributed by atoms with Crippen LogP contribution in [0.1, 0.15) is 32.7 Å². The highest BCUT2D eigenvalue weighted by Crippen LogP contribution is 2.68. The van der Waals surface area contributed by atoms with Gasteiger partial charge >= 0.3 is 17.6 Å². The third kappa shape index (κ3) is 3.00. The van der Waals surface area contributed by atoms with Crippen LogP contribution in [-0.4, -0.2) is 49.0 Å². The van der Waals surface area contributed by atoms with Crippen molar-refractivity contribution in [2.45, 2.75) is 38.8 Å². The first kappa shape index (κ1) is 17.4. The summed E-state index contributed by atoms with van der Waals surface area (Å²) in [5.41, 5.74) is -0.837. The molecule has 0 aliphatic heterocycles. The van der Waals surface area contributed by atoms with Crippen molar-refractivity contribution in [3.8, 4) is 5.82 Å². The van der Waals surface area contributed by atoms with E-state index in [1.807, 2.05) is 0 Å². The molecule has 0 bridgehead atoms. The molecule has 0 N–H and O–H groups in total. The van der Waals surface area contributed by atoms with Crippen molar-refractivity contribution in [3.05, 3.63) is 35.4 Å². The molecule has 2 aliphatic carbocycles. The van der Waals surface area contributed by atoms with Gasteiger partial charge in [0.25, 0.3) is 0 Å². The van der Waals surface area contributed by atoms with Gasteiger partial charge in [-0.2, -0.15) is 10.1 Å². The van der Waals surface area contributed by atoms with Gasteiger partial charge in [-0.05, 0) is 18.4 Å². The first-order valence-corrected chi connectivity index (χ1v) is 8.65. The van der Waals surface area contributed by atoms with Gasteiger partial charge in [0.1, 0.15) is 25.4 Å². The van der Waals surface area contributed by atoms with Crippen molar-refractivity contribution in [2.75, 3.05) is 6.61 Å². The Morgan fingerprint density at radius 1 is 1.33 bits per heavy atom. The van der Waals surface area contributed by atoms with Gasteiger partial charge in [-0.1, -0.05) is 0 Å². The molecule has 2 heterocycles. The molecule has 0 unspecified atom stereocenters. The second kappa shape index (κ2) is 6.29. The van der Waals surface area contributed by atoms with E-state index in [0.29, 0.717) is 12.2 Å². The molecule has 2 aromatic heterocycles. The molecule has 2 aliphatic rings. The van der Waals surface area contributed by atoms with Crippen LogP contribution >= 0.6 is 0 Å². The molecule has 2 saturated carbocycles. The van der Waals surface area contributed by atoms with E-state index in [2.05, 4.69) is 15.1 Å². The molecular weight excluding hydrogens is 354 g/mol. The number of carbonyl (C=O) groups is 2. The van der Waals surface area contributed by atoms with Crippen molar-refractivity contribution in [3.63, 3.8) is 0 Å². The van der Waals surface area contributed by atoms with Crippen LogP contribution in [0.5, 0.6) is 0 Å². The van der Waals surface area contributed by atoms with Crippen LogP contribution in [0.15, 0.2) is 29.7 Å². The lowest BCUT2D eigenvalue weighted by atomic mass is 10.0. The summed E-state index contributed by atoms with van der Waals surface area (Å²) in [7, 11) is 0. The summed E-state index contributed by atoms with van der Waals surface area (Å²) < 4.78 is 13.7. The van der Waals surface area contributed by atoms with Crippen molar-refractivity contribution >= 4 is 11.9 Å². The molecule has 0 saturated heterocycles. The number of nitrogens with zero attached hydrogens (tertiary/aromatic N) is 5. The molecular formula is C17H19N5O5. The van der Waals surface area contributed by atoms with E-state index in [1.165, 1.54) is 31.2 Å². The minimum Gasteiger partial charge on any atom is -0.465 e. The highest BCUT2D eigenvalue weighted by molar-refractivity contribution is 5.67. The summed E-state index contributed by atoms with van der Waals surface area (Å²) in [6.45, 7) is 2.88. The fourth-order valence-electron chi connectivity index (χ4n) is 4.14. The highest BCUT2D eigenvalue weighted by atomic mass is 16.6. The van der Waals surface area contributed by atoms with Crippen LogP contribution in [0, 0.1) is 11.3 Å². The fraction of sp³-hybridized carbons (Fsp3) is 0.529. The predicted molar refractivity (Wildman–Crippen MR) is 89.8 cm³/mol. The lowest BCUT2D eigenvalue weighted by molar-refractivity contribution is -0.153. The first-order valence-electron chi connectivity index (χ1n) is 8.65. The van der Waals surface area contributed by atoms with Crippen LogP contribution < -0.4 is 5.69 Å². The standard InChI is InChI=1S/C17H19N5O5/c1-10(23)26-7-17-6-12(17)13(5-14(17)27-11(2)24)21-4-3-15(20-16(21)25)22-9-18-8-19-22/h3-4,8-9,12-14H,5-7H2,1-2H3/t12-,13+,14+,17+/m1/s1. The predicted octanol–water partition coefficient (Wildman–Crippen LogP) is 0.270. The zero-order chi connectivity index (χ0) is 19.2. The maximum Gasteiger partial charge on any atom is 0.349 e. The zero-order valence-corrected chi connectivity index (χ0v) is 14.9. The summed E-state index contributed by atoms with van der Waals surface area (Å²) in [4.78, 5) is 43.2. The Morgan fingerprint density at radius 3 is 2.78 bits per heavy atom. The average Bonchev–Trinajstić information content (AvgIpc) is 2.97. The lowest BCUT2D eigenvalue weighted by Gasteiger charge is -2.23. The summed E-state index contributed by atoms with van der Waals surface area (Å²) in [5, 5.41) is 3.96. The Bertz CT molecular complexity index is 939. The van der Waals surface area contributed by atoms with Crippen molar-refractivity contribution < 1.29 is 19.1 Å². The largest absolute Gasteiger partial charge is 0.465 e. The van der Waals surface area contributed by atoms with Crippen LogP contribution in [0.3, 0.4) is 0 Å². The maximum atomic E-state index is 12.6. The van der Waals surface area contributed by atoms with Gasteiger partial charge in [0, 0.05) is 37.9 Å². The summed E-state index contributed by atoms with van der Waals surface area (Å²) in [5.74, 6) is -0.306. The number of ether oxygens (including phenoxy) is 2. The Kier molecular flexibility index (Phi) is 4.05. The van der Waals surface area contributed by atoms with E-state index in [1.54, 1.807) is 16.8 Å². The first-order chi connectivity index (χ1) is 12.9. The van der Waals surface area contributed by atoms with Gasteiger partial charge in [0.05, 0.1) is 0 Å². The lowest BCUT2D eigenvalue weighted by Crippen LogP contribution is -2.30. The molecule has 27 heavy (non-hydrogen) atoms. The molecule has 142 valence electrons. The summed E-state index contributed by atoms with van der Waals surface area (Å²) in [6, 6.07) is 1.51. The normalized spacial score (nSPS) is 28.4. The topological polar surface area (TPSA) is 118 Å². The number of carbonyl (C=O) groups excluding carboxylic acids is 2. The van der Waals surface area contributed by atoms with E-state index < -0.39 is 17.2 Å². The molecule has 0 spiro atoms. The second-order valence-corrected chi connectivity index (χ2v) is 7.04. The summed E-state index contributed by atoms with van der Waals surface area (Å²) in [6.07, 6.45) is 5.30. The molecule has 0 radical (unpaired) electrons. The van der Waals surface area contributed by atoms with Gasteiger partial charge < -0.3 is 9.47 Å². The monoisotopic (exact) mass is 373 g/mol. The van der Waals surface area contributed by atoms with Crippen LogP contribution in [0.25, 0.3) is 5.82 Å². The Balaban J connectivity index is 1.60. The van der Waals surface area contributed by atoms with Crippen LogP contribution in [0.2, 0.25) is 0 Å². The van der Waals surface area contributed by atoms with Crippen LogP contribution in [-0.2, 0) is 19.1 Å². The van der Waals surface area contributed by atoms with E-state index in [0.717, 1.165) is 6.42 Å². The Morgan fingerprint density at radius 2 is 2.15 bits per heavy atom. The molecule has 10 heteroatoms. The molecule has 10 nitrogen and oxygen atoms in total. The Labute approximate surface area is 154 Å². The minimum atomic E-state index is -0.425. The van der Waals surface area contributed by atoms with E-state index in [4.69, 9.17) is 9.47 Å². The molecule has 4 rings (SSSR count). The van der Waals surface area contributed by atoms with Gasteiger partial charge in [0.15, 0.2) is 5.82 Å². The SMILES string of the molecule is CC(=O)OC[C@@]12C[C@@H]1[C@@H](n1ccc(-n3cncn3)nc1=O)C[C@@H]2OC(C)=O. The van der Waals surface area contributed by atoms with Crippen molar-refractivity contribution in [1.29, 1.82) is 0 Å². The maximum absolute atomic E-state index is 12.6. The third-order valence-electron chi connectivity index (χ3n) is 5.42. The highest BCUT2D eigenvalue weighted by Gasteiger charge is 2.70. The molecule has 2 aromatic rings. The Hall–Kier alpha value is -3.04. The number of fused-ring (bicyclic) bond motifs is 1. The van der Waals surface area contributed by atoms with Crippen LogP contribution in [0.4, 0.5) is 0 Å².